The molecule has 0 atom stereocenters. The number of Topliss-reactive ketones (excluding diaryl/α,β-unsaturated/α-hetero) is 1. The van der Waals surface area contributed by atoms with E-state index in [4.69, 9.17) is 13.9 Å². The number of aryl methyl sites for hydroxylation is 1. The molecule has 0 bridgehead atoms. The first-order valence-electron chi connectivity index (χ1n) is 11.7. The maximum absolute atomic E-state index is 12.8. The molecule has 180 valence electrons. The van der Waals surface area contributed by atoms with Crippen LogP contribution >= 0.6 is 0 Å². The van der Waals surface area contributed by atoms with Gasteiger partial charge in [0.25, 0.3) is 11.8 Å². The van der Waals surface area contributed by atoms with E-state index in [0.717, 1.165) is 31.5 Å². The lowest BCUT2D eigenvalue weighted by Crippen LogP contribution is -2.38. The molecule has 5 rings (SSSR count). The highest BCUT2D eigenvalue weighted by molar-refractivity contribution is 6.02. The highest BCUT2D eigenvalue weighted by Gasteiger charge is 2.29. The quantitative estimate of drug-likeness (QED) is 0.481. The number of nitrogens with zero attached hydrogens (tertiary/aromatic N) is 2. The summed E-state index contributed by atoms with van der Waals surface area (Å²) in [4.78, 5) is 41.4. The van der Waals surface area contributed by atoms with E-state index in [0.29, 0.717) is 28.5 Å². The molecule has 35 heavy (non-hydrogen) atoms. The van der Waals surface area contributed by atoms with Crippen molar-refractivity contribution in [2.75, 3.05) is 31.2 Å². The van der Waals surface area contributed by atoms with Crippen LogP contribution in [0.1, 0.15) is 45.1 Å². The average Bonchev–Trinajstić information content (AvgIpc) is 3.57. The van der Waals surface area contributed by atoms with Gasteiger partial charge in [-0.2, -0.15) is 0 Å². The Morgan fingerprint density at radius 1 is 1.00 bits per heavy atom. The van der Waals surface area contributed by atoms with E-state index in [1.54, 1.807) is 35.2 Å². The Morgan fingerprint density at radius 2 is 1.77 bits per heavy atom. The van der Waals surface area contributed by atoms with Crippen molar-refractivity contribution in [3.8, 4) is 11.5 Å². The minimum Gasteiger partial charge on any atom is -0.485 e. The molecular weight excluding hydrogens is 448 g/mol. The van der Waals surface area contributed by atoms with Crippen molar-refractivity contribution in [2.45, 2.75) is 26.3 Å². The van der Waals surface area contributed by atoms with E-state index in [2.05, 4.69) is 0 Å². The second-order valence-electron chi connectivity index (χ2n) is 8.74. The predicted molar refractivity (Wildman–Crippen MR) is 128 cm³/mol. The van der Waals surface area contributed by atoms with Crippen LogP contribution in [0.2, 0.25) is 0 Å². The maximum atomic E-state index is 12.8. The molecule has 0 saturated carbocycles. The van der Waals surface area contributed by atoms with Crippen LogP contribution in [0, 0.1) is 6.92 Å². The van der Waals surface area contributed by atoms with E-state index in [9.17, 15) is 14.4 Å². The highest BCUT2D eigenvalue weighted by Crippen LogP contribution is 2.34. The summed E-state index contributed by atoms with van der Waals surface area (Å²) in [5, 5.41) is 0. The smallest absolute Gasteiger partial charge is 0.289 e. The Labute approximate surface area is 203 Å². The van der Waals surface area contributed by atoms with Crippen molar-refractivity contribution in [1.82, 2.24) is 4.90 Å². The fourth-order valence-electron chi connectivity index (χ4n) is 4.23. The van der Waals surface area contributed by atoms with E-state index in [1.807, 2.05) is 31.2 Å². The number of carbonyl (C=O) groups excluding carboxylic acids is 3. The standard InChI is InChI=1S/C27H26N2O6/c1-18-4-7-20(8-5-18)33-16-23(30)19-6-10-24-22(14-19)29(26(31)17-34-24)15-21-9-11-25(35-21)27(32)28-12-2-3-13-28/h4-11,14H,2-3,12-13,15-17H2,1H3. The maximum Gasteiger partial charge on any atom is 0.289 e. The number of hydrogen-bond donors (Lipinski definition) is 0. The summed E-state index contributed by atoms with van der Waals surface area (Å²) in [6, 6.07) is 15.8. The minimum atomic E-state index is -0.262. The molecule has 0 radical (unpaired) electrons. The van der Waals surface area contributed by atoms with Crippen LogP contribution in [0.15, 0.2) is 59.0 Å². The van der Waals surface area contributed by atoms with Gasteiger partial charge < -0.3 is 18.8 Å². The summed E-state index contributed by atoms with van der Waals surface area (Å²) in [6.07, 6.45) is 1.99. The second-order valence-corrected chi connectivity index (χ2v) is 8.74. The SMILES string of the molecule is Cc1ccc(OCC(=O)c2ccc3c(c2)N(Cc2ccc(C(=O)N4CCCC4)o2)C(=O)CO3)cc1. The molecular formula is C27H26N2O6. The number of ether oxygens (including phenoxy) is 2. The predicted octanol–water partition coefficient (Wildman–Crippen LogP) is 4.01. The molecule has 0 spiro atoms. The number of fused-ring (bicyclic) bond motifs is 1. The Hall–Kier alpha value is -4.07. The van der Waals surface area contributed by atoms with Crippen LogP contribution in [0.5, 0.6) is 11.5 Å². The largest absolute Gasteiger partial charge is 0.485 e. The van der Waals surface area contributed by atoms with E-state index >= 15 is 0 Å². The molecule has 2 aliphatic heterocycles. The third-order valence-corrected chi connectivity index (χ3v) is 6.19. The first-order valence-corrected chi connectivity index (χ1v) is 11.7. The molecule has 8 heteroatoms. The molecule has 8 nitrogen and oxygen atoms in total. The van der Waals surface area contributed by atoms with Crippen LogP contribution in [0.4, 0.5) is 5.69 Å². The number of rotatable bonds is 7. The number of anilines is 1. The Morgan fingerprint density at radius 3 is 2.54 bits per heavy atom. The highest BCUT2D eigenvalue weighted by atomic mass is 16.5. The van der Waals surface area contributed by atoms with Gasteiger partial charge in [0.15, 0.2) is 24.8 Å². The second kappa shape index (κ2) is 9.66. The molecule has 1 fully saturated rings. The zero-order valence-corrected chi connectivity index (χ0v) is 19.5. The summed E-state index contributed by atoms with van der Waals surface area (Å²) < 4.78 is 17.0. The lowest BCUT2D eigenvalue weighted by Gasteiger charge is -2.29. The first kappa shape index (κ1) is 22.7. The number of ketones is 1. The fourth-order valence-corrected chi connectivity index (χ4v) is 4.23. The Kier molecular flexibility index (Phi) is 6.27. The van der Waals surface area contributed by atoms with Gasteiger partial charge in [-0.15, -0.1) is 0 Å². The number of carbonyl (C=O) groups is 3. The number of likely N-dealkylation sites (tertiary alicyclic amines) is 1. The average molecular weight is 475 g/mol. The molecule has 1 aromatic heterocycles. The zero-order chi connectivity index (χ0) is 24.4. The third-order valence-electron chi connectivity index (χ3n) is 6.19. The number of hydrogen-bond acceptors (Lipinski definition) is 6. The van der Waals surface area contributed by atoms with Crippen molar-refractivity contribution in [1.29, 1.82) is 0 Å². The molecule has 2 amide bonds. The van der Waals surface area contributed by atoms with Crippen LogP contribution in [-0.2, 0) is 11.3 Å². The van der Waals surface area contributed by atoms with Gasteiger partial charge in [-0.25, -0.2) is 0 Å². The summed E-state index contributed by atoms with van der Waals surface area (Å²) in [7, 11) is 0. The third kappa shape index (κ3) is 4.91. The van der Waals surface area contributed by atoms with Crippen LogP contribution in [0.3, 0.4) is 0 Å². The Bertz CT molecular complexity index is 1260. The van der Waals surface area contributed by atoms with Gasteiger partial charge in [-0.05, 0) is 62.2 Å². The van der Waals surface area contributed by atoms with Crippen molar-refractivity contribution < 1.29 is 28.3 Å². The molecule has 3 heterocycles. The number of amides is 2. The number of benzene rings is 2. The van der Waals surface area contributed by atoms with Gasteiger partial charge in [0.2, 0.25) is 0 Å². The van der Waals surface area contributed by atoms with Gasteiger partial charge in [-0.1, -0.05) is 17.7 Å². The molecule has 0 unspecified atom stereocenters. The van der Waals surface area contributed by atoms with Gasteiger partial charge in [0, 0.05) is 18.7 Å². The van der Waals surface area contributed by atoms with Crippen molar-refractivity contribution in [3.05, 3.63) is 77.2 Å². The van der Waals surface area contributed by atoms with Gasteiger partial charge in [0.1, 0.15) is 17.3 Å². The molecule has 2 aliphatic rings. The van der Waals surface area contributed by atoms with Crippen LogP contribution in [0.25, 0.3) is 0 Å². The topological polar surface area (TPSA) is 89.3 Å². The fraction of sp³-hybridized carbons (Fsp3) is 0.296. The van der Waals surface area contributed by atoms with Crippen molar-refractivity contribution in [2.24, 2.45) is 0 Å². The Balaban J connectivity index is 1.31. The normalized spacial score (nSPS) is 15.1. The van der Waals surface area contributed by atoms with Gasteiger partial charge in [-0.3, -0.25) is 19.3 Å². The van der Waals surface area contributed by atoms with E-state index in [-0.39, 0.29) is 43.1 Å². The lowest BCUT2D eigenvalue weighted by molar-refractivity contribution is -0.121. The monoisotopic (exact) mass is 474 g/mol. The van der Waals surface area contributed by atoms with E-state index < -0.39 is 0 Å². The summed E-state index contributed by atoms with van der Waals surface area (Å²) in [5.41, 5.74) is 1.99. The summed E-state index contributed by atoms with van der Waals surface area (Å²) in [5.74, 6) is 1.24. The van der Waals surface area contributed by atoms with Gasteiger partial charge >= 0.3 is 0 Å². The molecule has 3 aromatic rings. The minimum absolute atomic E-state index is 0.114. The number of furan rings is 1. The van der Waals surface area contributed by atoms with Crippen LogP contribution < -0.4 is 14.4 Å². The first-order chi connectivity index (χ1) is 17.0. The zero-order valence-electron chi connectivity index (χ0n) is 19.5. The molecule has 0 N–H and O–H groups in total. The van der Waals surface area contributed by atoms with Crippen LogP contribution in [-0.4, -0.2) is 48.8 Å². The van der Waals surface area contributed by atoms with Crippen molar-refractivity contribution >= 4 is 23.3 Å². The van der Waals surface area contributed by atoms with E-state index in [1.165, 1.54) is 4.90 Å². The molecule has 2 aromatic carbocycles. The van der Waals surface area contributed by atoms with Gasteiger partial charge in [0.05, 0.1) is 12.2 Å². The summed E-state index contributed by atoms with van der Waals surface area (Å²) >= 11 is 0. The lowest BCUT2D eigenvalue weighted by atomic mass is 10.1. The molecule has 0 aliphatic carbocycles. The molecule has 1 saturated heterocycles. The summed E-state index contributed by atoms with van der Waals surface area (Å²) in [6.45, 7) is 3.32. The van der Waals surface area contributed by atoms with Crippen molar-refractivity contribution in [3.63, 3.8) is 0 Å².